The Hall–Kier alpha value is -2.51. The summed E-state index contributed by atoms with van der Waals surface area (Å²) >= 11 is 0. The average molecular weight is 297 g/mol. The van der Waals surface area contributed by atoms with E-state index in [1.54, 1.807) is 20.0 Å². The van der Waals surface area contributed by atoms with Crippen molar-refractivity contribution in [1.29, 1.82) is 0 Å². The summed E-state index contributed by atoms with van der Waals surface area (Å²) in [4.78, 5) is 38.0. The number of esters is 1. The van der Waals surface area contributed by atoms with Gasteiger partial charge in [-0.3, -0.25) is 4.79 Å². The average Bonchev–Trinajstić information content (AvgIpc) is 2.79. The molecule has 2 amide bonds. The molecule has 1 rings (SSSR count). The third kappa shape index (κ3) is 4.83. The van der Waals surface area contributed by atoms with Crippen LogP contribution in [0.15, 0.2) is 6.07 Å². The van der Waals surface area contributed by atoms with Crippen LogP contribution in [0, 0.1) is 6.92 Å². The van der Waals surface area contributed by atoms with Gasteiger partial charge in [0, 0.05) is 25.7 Å². The predicted octanol–water partition coefficient (Wildman–Crippen LogP) is 1.44. The number of carbonyl (C=O) groups excluding carboxylic acids is 2. The van der Waals surface area contributed by atoms with E-state index in [1.165, 1.54) is 12.0 Å². The van der Waals surface area contributed by atoms with E-state index in [2.05, 4.69) is 15.0 Å². The first-order valence-electron chi connectivity index (χ1n) is 6.37. The molecule has 0 atom stereocenters. The van der Waals surface area contributed by atoms with Gasteiger partial charge in [-0.05, 0) is 19.4 Å². The molecule has 0 aliphatic heterocycles. The van der Waals surface area contributed by atoms with Gasteiger partial charge < -0.3 is 25.0 Å². The number of urea groups is 1. The lowest BCUT2D eigenvalue weighted by Crippen LogP contribution is -2.32. The molecule has 0 aliphatic carbocycles. The fraction of sp³-hybridized carbons (Fsp3) is 0.462. The molecule has 0 saturated carbocycles. The number of ether oxygens (including phenoxy) is 1. The third-order valence-corrected chi connectivity index (χ3v) is 2.86. The van der Waals surface area contributed by atoms with Crippen LogP contribution in [0.3, 0.4) is 0 Å². The van der Waals surface area contributed by atoms with Crippen molar-refractivity contribution < 1.29 is 24.2 Å². The van der Waals surface area contributed by atoms with Crippen molar-refractivity contribution in [2.75, 3.05) is 26.0 Å². The summed E-state index contributed by atoms with van der Waals surface area (Å²) in [7, 11) is 2.87. The second-order valence-corrected chi connectivity index (χ2v) is 4.58. The number of anilines is 1. The first-order chi connectivity index (χ1) is 9.85. The molecular formula is C13H19N3O5. The van der Waals surface area contributed by atoms with Gasteiger partial charge >= 0.3 is 18.0 Å². The van der Waals surface area contributed by atoms with E-state index >= 15 is 0 Å². The number of nitrogens with one attached hydrogen (secondary N) is 2. The van der Waals surface area contributed by atoms with E-state index in [9.17, 15) is 14.4 Å². The topological polar surface area (TPSA) is 112 Å². The zero-order valence-electron chi connectivity index (χ0n) is 12.2. The summed E-state index contributed by atoms with van der Waals surface area (Å²) in [5.74, 6) is -1.48. The van der Waals surface area contributed by atoms with E-state index < -0.39 is 12.0 Å². The van der Waals surface area contributed by atoms with Gasteiger partial charge in [0.15, 0.2) is 0 Å². The lowest BCUT2D eigenvalue weighted by Gasteiger charge is -2.17. The number of aromatic nitrogens is 1. The molecule has 21 heavy (non-hydrogen) atoms. The number of carbonyl (C=O) groups is 3. The van der Waals surface area contributed by atoms with Gasteiger partial charge in [-0.2, -0.15) is 0 Å². The van der Waals surface area contributed by atoms with Crippen LogP contribution in [0.2, 0.25) is 0 Å². The first kappa shape index (κ1) is 16.5. The molecule has 1 aromatic heterocycles. The molecule has 0 aromatic carbocycles. The largest absolute Gasteiger partial charge is 0.477 e. The van der Waals surface area contributed by atoms with Crippen LogP contribution in [0.1, 0.15) is 29.0 Å². The van der Waals surface area contributed by atoms with Gasteiger partial charge in [-0.15, -0.1) is 0 Å². The van der Waals surface area contributed by atoms with Gasteiger partial charge in [0.25, 0.3) is 0 Å². The van der Waals surface area contributed by atoms with E-state index in [1.807, 2.05) is 0 Å². The fourth-order valence-electron chi connectivity index (χ4n) is 1.73. The number of amides is 2. The lowest BCUT2D eigenvalue weighted by atomic mass is 10.3. The van der Waals surface area contributed by atoms with Gasteiger partial charge in [-0.1, -0.05) is 0 Å². The minimum absolute atomic E-state index is 0.0659. The highest BCUT2D eigenvalue weighted by Crippen LogP contribution is 2.17. The van der Waals surface area contributed by atoms with Crippen molar-refractivity contribution in [2.24, 2.45) is 0 Å². The predicted molar refractivity (Wildman–Crippen MR) is 75.4 cm³/mol. The summed E-state index contributed by atoms with van der Waals surface area (Å²) < 4.78 is 4.51. The number of rotatable bonds is 6. The van der Waals surface area contributed by atoms with Gasteiger partial charge in [-0.25, -0.2) is 9.59 Å². The Morgan fingerprint density at radius 2 is 2.10 bits per heavy atom. The Morgan fingerprint density at radius 1 is 1.43 bits per heavy atom. The minimum atomic E-state index is -1.15. The SMILES string of the molecule is COC(=O)CCCN(C)C(=O)Nc1cc(C)[nH]c1C(=O)O. The van der Waals surface area contributed by atoms with Gasteiger partial charge in [0.2, 0.25) is 0 Å². The van der Waals surface area contributed by atoms with Gasteiger partial charge in [0.05, 0.1) is 12.8 Å². The van der Waals surface area contributed by atoms with E-state index in [-0.39, 0.29) is 23.8 Å². The monoisotopic (exact) mass is 297 g/mol. The van der Waals surface area contributed by atoms with Crippen molar-refractivity contribution >= 4 is 23.7 Å². The molecule has 0 saturated heterocycles. The van der Waals surface area contributed by atoms with Crippen LogP contribution in [-0.2, 0) is 9.53 Å². The molecule has 0 fully saturated rings. The lowest BCUT2D eigenvalue weighted by molar-refractivity contribution is -0.140. The number of carboxylic acids is 1. The normalized spacial score (nSPS) is 10.0. The molecule has 8 heteroatoms. The number of hydrogen-bond donors (Lipinski definition) is 3. The number of nitrogens with zero attached hydrogens (tertiary/aromatic N) is 1. The molecule has 116 valence electrons. The Balaban J connectivity index is 2.56. The van der Waals surface area contributed by atoms with Crippen LogP contribution in [0.4, 0.5) is 10.5 Å². The van der Waals surface area contributed by atoms with Crippen LogP contribution in [0.5, 0.6) is 0 Å². The molecule has 8 nitrogen and oxygen atoms in total. The van der Waals surface area contributed by atoms with Crippen molar-refractivity contribution in [3.63, 3.8) is 0 Å². The molecule has 3 N–H and O–H groups in total. The first-order valence-corrected chi connectivity index (χ1v) is 6.37. The zero-order chi connectivity index (χ0) is 16.0. The number of aromatic carboxylic acids is 1. The number of methoxy groups -OCH3 is 1. The molecule has 1 aromatic rings. The Bertz CT molecular complexity index is 538. The zero-order valence-corrected chi connectivity index (χ0v) is 12.2. The molecule has 0 spiro atoms. The second-order valence-electron chi connectivity index (χ2n) is 4.58. The Morgan fingerprint density at radius 3 is 2.67 bits per heavy atom. The van der Waals surface area contributed by atoms with Crippen molar-refractivity contribution in [2.45, 2.75) is 19.8 Å². The number of carboxylic acid groups (broad SMARTS) is 1. The third-order valence-electron chi connectivity index (χ3n) is 2.86. The smallest absolute Gasteiger partial charge is 0.354 e. The summed E-state index contributed by atoms with van der Waals surface area (Å²) in [6, 6.07) is 1.10. The molecule has 1 heterocycles. The molecular weight excluding hydrogens is 278 g/mol. The van der Waals surface area contributed by atoms with Crippen molar-refractivity contribution in [3.05, 3.63) is 17.5 Å². The highest BCUT2D eigenvalue weighted by atomic mass is 16.5. The van der Waals surface area contributed by atoms with Crippen LogP contribution >= 0.6 is 0 Å². The highest BCUT2D eigenvalue weighted by Gasteiger charge is 2.17. The van der Waals surface area contributed by atoms with Crippen LogP contribution in [0.25, 0.3) is 0 Å². The Labute approximate surface area is 122 Å². The summed E-state index contributed by atoms with van der Waals surface area (Å²) in [6.45, 7) is 2.05. The maximum Gasteiger partial charge on any atom is 0.354 e. The quantitative estimate of drug-likeness (QED) is 0.688. The van der Waals surface area contributed by atoms with E-state index in [0.717, 1.165) is 0 Å². The molecule has 0 radical (unpaired) electrons. The molecule has 0 bridgehead atoms. The molecule has 0 aliphatic rings. The van der Waals surface area contributed by atoms with Gasteiger partial charge in [0.1, 0.15) is 5.69 Å². The number of H-pyrrole nitrogens is 1. The Kier molecular flexibility index (Phi) is 5.77. The minimum Gasteiger partial charge on any atom is -0.477 e. The molecule has 0 unspecified atom stereocenters. The fourth-order valence-corrected chi connectivity index (χ4v) is 1.73. The van der Waals surface area contributed by atoms with E-state index in [0.29, 0.717) is 18.7 Å². The second kappa shape index (κ2) is 7.32. The maximum absolute atomic E-state index is 11.9. The number of hydrogen-bond acceptors (Lipinski definition) is 4. The summed E-state index contributed by atoms with van der Waals surface area (Å²) in [5, 5.41) is 11.5. The van der Waals surface area contributed by atoms with Crippen LogP contribution in [-0.4, -0.2) is 53.7 Å². The number of aromatic amines is 1. The van der Waals surface area contributed by atoms with Crippen LogP contribution < -0.4 is 5.32 Å². The number of aryl methyl sites for hydroxylation is 1. The summed E-state index contributed by atoms with van der Waals surface area (Å²) in [6.07, 6.45) is 0.687. The van der Waals surface area contributed by atoms with E-state index in [4.69, 9.17) is 5.11 Å². The maximum atomic E-state index is 11.9. The van der Waals surface area contributed by atoms with Crippen molar-refractivity contribution in [1.82, 2.24) is 9.88 Å². The highest BCUT2D eigenvalue weighted by molar-refractivity contribution is 5.99. The standard InChI is InChI=1S/C13H19N3O5/c1-8-7-9(11(14-8)12(18)19)15-13(20)16(2)6-4-5-10(17)21-3/h7,14H,4-6H2,1-3H3,(H,15,20)(H,18,19). The summed E-state index contributed by atoms with van der Waals surface area (Å²) in [5.41, 5.74) is 0.782. The van der Waals surface area contributed by atoms with Crippen molar-refractivity contribution in [3.8, 4) is 0 Å².